The lowest BCUT2D eigenvalue weighted by atomic mass is 9.77. The molecular formula is C14H20N4. The standard InChI is InChI=1S/C14H20N4/c1-14(2,11-8-6-5-7-9-11)12(15-3)13-16-10-17-18(13)4/h5-10,12,15H,1-4H3. The van der Waals surface area contributed by atoms with Gasteiger partial charge in [-0.1, -0.05) is 44.2 Å². The van der Waals surface area contributed by atoms with Crippen molar-refractivity contribution in [3.63, 3.8) is 0 Å². The number of benzene rings is 1. The molecule has 1 aromatic heterocycles. The molecule has 0 bridgehead atoms. The quantitative estimate of drug-likeness (QED) is 0.895. The van der Waals surface area contributed by atoms with Crippen molar-refractivity contribution in [3.8, 4) is 0 Å². The zero-order valence-electron chi connectivity index (χ0n) is 11.4. The first-order chi connectivity index (χ1) is 8.57. The van der Waals surface area contributed by atoms with E-state index in [1.807, 2.05) is 24.8 Å². The van der Waals surface area contributed by atoms with Crippen molar-refractivity contribution in [2.24, 2.45) is 7.05 Å². The monoisotopic (exact) mass is 244 g/mol. The van der Waals surface area contributed by atoms with Crippen LogP contribution in [0.3, 0.4) is 0 Å². The van der Waals surface area contributed by atoms with Crippen LogP contribution in [0.4, 0.5) is 0 Å². The maximum Gasteiger partial charge on any atom is 0.144 e. The number of aryl methyl sites for hydroxylation is 1. The molecule has 4 heteroatoms. The largest absolute Gasteiger partial charge is 0.310 e. The van der Waals surface area contributed by atoms with Gasteiger partial charge < -0.3 is 5.32 Å². The van der Waals surface area contributed by atoms with Gasteiger partial charge in [0.25, 0.3) is 0 Å². The maximum absolute atomic E-state index is 4.37. The second kappa shape index (κ2) is 4.90. The van der Waals surface area contributed by atoms with E-state index in [-0.39, 0.29) is 11.5 Å². The van der Waals surface area contributed by atoms with Crippen LogP contribution in [-0.4, -0.2) is 21.8 Å². The van der Waals surface area contributed by atoms with Gasteiger partial charge in [0.2, 0.25) is 0 Å². The summed E-state index contributed by atoms with van der Waals surface area (Å²) in [6, 6.07) is 10.6. The summed E-state index contributed by atoms with van der Waals surface area (Å²) >= 11 is 0. The molecule has 4 nitrogen and oxygen atoms in total. The number of nitrogens with zero attached hydrogens (tertiary/aromatic N) is 3. The van der Waals surface area contributed by atoms with E-state index in [1.54, 1.807) is 6.33 Å². The van der Waals surface area contributed by atoms with Gasteiger partial charge in [0.05, 0.1) is 6.04 Å². The summed E-state index contributed by atoms with van der Waals surface area (Å²) in [5.74, 6) is 0.950. The van der Waals surface area contributed by atoms with Gasteiger partial charge in [-0.25, -0.2) is 4.98 Å². The Kier molecular flexibility index (Phi) is 3.48. The Labute approximate surface area is 108 Å². The highest BCUT2D eigenvalue weighted by molar-refractivity contribution is 5.27. The molecule has 96 valence electrons. The number of rotatable bonds is 4. The van der Waals surface area contributed by atoms with Crippen LogP contribution in [0.5, 0.6) is 0 Å². The van der Waals surface area contributed by atoms with Crippen molar-refractivity contribution in [1.82, 2.24) is 20.1 Å². The molecule has 1 atom stereocenters. The van der Waals surface area contributed by atoms with Gasteiger partial charge in [-0.3, -0.25) is 4.68 Å². The molecular weight excluding hydrogens is 224 g/mol. The minimum atomic E-state index is -0.0587. The van der Waals surface area contributed by atoms with Crippen molar-refractivity contribution in [1.29, 1.82) is 0 Å². The summed E-state index contributed by atoms with van der Waals surface area (Å²) in [4.78, 5) is 4.37. The van der Waals surface area contributed by atoms with E-state index in [0.717, 1.165) is 5.82 Å². The van der Waals surface area contributed by atoms with Gasteiger partial charge in [-0.2, -0.15) is 5.10 Å². The predicted octanol–water partition coefficient (Wildman–Crippen LogP) is 2.05. The Morgan fingerprint density at radius 1 is 1.22 bits per heavy atom. The number of hydrogen-bond donors (Lipinski definition) is 1. The smallest absolute Gasteiger partial charge is 0.144 e. The van der Waals surface area contributed by atoms with Gasteiger partial charge in [0.15, 0.2) is 0 Å². The molecule has 0 fully saturated rings. The molecule has 0 saturated carbocycles. The number of likely N-dealkylation sites (N-methyl/N-ethyl adjacent to an activating group) is 1. The lowest BCUT2D eigenvalue weighted by Crippen LogP contribution is -2.37. The van der Waals surface area contributed by atoms with Gasteiger partial charge >= 0.3 is 0 Å². The van der Waals surface area contributed by atoms with E-state index >= 15 is 0 Å². The van der Waals surface area contributed by atoms with Crippen LogP contribution >= 0.6 is 0 Å². The Bertz CT molecular complexity index is 502. The van der Waals surface area contributed by atoms with E-state index in [4.69, 9.17) is 0 Å². The average Bonchev–Trinajstić information content (AvgIpc) is 2.78. The molecule has 1 heterocycles. The molecule has 0 spiro atoms. The molecule has 0 radical (unpaired) electrons. The van der Waals surface area contributed by atoms with E-state index < -0.39 is 0 Å². The van der Waals surface area contributed by atoms with Crippen molar-refractivity contribution in [3.05, 3.63) is 48.0 Å². The third kappa shape index (κ3) is 2.16. The average molecular weight is 244 g/mol. The summed E-state index contributed by atoms with van der Waals surface area (Å²) in [7, 11) is 3.89. The lowest BCUT2D eigenvalue weighted by Gasteiger charge is -2.34. The Morgan fingerprint density at radius 2 is 1.89 bits per heavy atom. The molecule has 0 saturated heterocycles. The second-order valence-electron chi connectivity index (χ2n) is 5.05. The molecule has 1 N–H and O–H groups in total. The first kappa shape index (κ1) is 12.8. The van der Waals surface area contributed by atoms with Gasteiger partial charge in [0.1, 0.15) is 12.2 Å². The van der Waals surface area contributed by atoms with E-state index in [9.17, 15) is 0 Å². The van der Waals surface area contributed by atoms with Crippen LogP contribution in [0.2, 0.25) is 0 Å². The number of hydrogen-bond acceptors (Lipinski definition) is 3. The molecule has 1 aromatic carbocycles. The van der Waals surface area contributed by atoms with Gasteiger partial charge in [-0.15, -0.1) is 0 Å². The molecule has 18 heavy (non-hydrogen) atoms. The highest BCUT2D eigenvalue weighted by atomic mass is 15.3. The fourth-order valence-electron chi connectivity index (χ4n) is 2.41. The van der Waals surface area contributed by atoms with E-state index in [0.29, 0.717) is 0 Å². The van der Waals surface area contributed by atoms with Gasteiger partial charge in [0, 0.05) is 12.5 Å². The normalized spacial score (nSPS) is 13.6. The Balaban J connectivity index is 2.42. The zero-order valence-corrected chi connectivity index (χ0v) is 11.4. The second-order valence-corrected chi connectivity index (χ2v) is 5.05. The SMILES string of the molecule is CNC(c1ncnn1C)C(C)(C)c1ccccc1. The molecule has 0 aliphatic carbocycles. The minimum absolute atomic E-state index is 0.0587. The van der Waals surface area contributed by atoms with Crippen LogP contribution in [-0.2, 0) is 12.5 Å². The fraction of sp³-hybridized carbons (Fsp3) is 0.429. The first-order valence-electron chi connectivity index (χ1n) is 6.14. The summed E-state index contributed by atoms with van der Waals surface area (Å²) < 4.78 is 1.83. The zero-order chi connectivity index (χ0) is 13.2. The summed E-state index contributed by atoms with van der Waals surface area (Å²) in [6.07, 6.45) is 1.60. The van der Waals surface area contributed by atoms with Crippen LogP contribution in [0.25, 0.3) is 0 Å². The van der Waals surface area contributed by atoms with Crippen molar-refractivity contribution in [2.75, 3.05) is 7.05 Å². The Morgan fingerprint density at radius 3 is 2.39 bits per heavy atom. The number of aromatic nitrogens is 3. The van der Waals surface area contributed by atoms with Crippen molar-refractivity contribution >= 4 is 0 Å². The van der Waals surface area contributed by atoms with Crippen molar-refractivity contribution < 1.29 is 0 Å². The van der Waals surface area contributed by atoms with Crippen LogP contribution in [0, 0.1) is 0 Å². The van der Waals surface area contributed by atoms with E-state index in [1.165, 1.54) is 5.56 Å². The molecule has 0 amide bonds. The third-order valence-corrected chi connectivity index (χ3v) is 3.53. The summed E-state index contributed by atoms with van der Waals surface area (Å²) in [5, 5.41) is 7.52. The third-order valence-electron chi connectivity index (χ3n) is 3.53. The maximum atomic E-state index is 4.37. The Hall–Kier alpha value is -1.68. The van der Waals surface area contributed by atoms with Crippen LogP contribution < -0.4 is 5.32 Å². The molecule has 1 unspecified atom stereocenters. The summed E-state index contributed by atoms with van der Waals surface area (Å²) in [5.41, 5.74) is 1.23. The molecule has 0 aliphatic rings. The highest BCUT2D eigenvalue weighted by Gasteiger charge is 2.34. The fourth-order valence-corrected chi connectivity index (χ4v) is 2.41. The summed E-state index contributed by atoms with van der Waals surface area (Å²) in [6.45, 7) is 4.44. The molecule has 0 aliphatic heterocycles. The van der Waals surface area contributed by atoms with Crippen LogP contribution in [0.15, 0.2) is 36.7 Å². The highest BCUT2D eigenvalue weighted by Crippen LogP contribution is 2.35. The van der Waals surface area contributed by atoms with E-state index in [2.05, 4.69) is 53.5 Å². The molecule has 2 aromatic rings. The van der Waals surface area contributed by atoms with Crippen molar-refractivity contribution in [2.45, 2.75) is 25.3 Å². The predicted molar refractivity (Wildman–Crippen MR) is 72.3 cm³/mol. The van der Waals surface area contributed by atoms with Crippen LogP contribution in [0.1, 0.15) is 31.3 Å². The topological polar surface area (TPSA) is 42.7 Å². The first-order valence-corrected chi connectivity index (χ1v) is 6.14. The number of nitrogens with one attached hydrogen (secondary N) is 1. The lowest BCUT2D eigenvalue weighted by molar-refractivity contribution is 0.343. The van der Waals surface area contributed by atoms with Gasteiger partial charge in [-0.05, 0) is 12.6 Å². The molecule has 2 rings (SSSR count). The minimum Gasteiger partial charge on any atom is -0.310 e.